The average molecular weight is 355 g/mol. The van der Waals surface area contributed by atoms with Crippen LogP contribution in [0.25, 0.3) is 0 Å². The van der Waals surface area contributed by atoms with Gasteiger partial charge >= 0.3 is 0 Å². The standard InChI is InChI=1S/C15H24NOS.Y/c1-2-13-16-18(17)14-9-4-3-6-10-15-11-7-5-8-12-15;/h5,7-8,11-13,16H,2-4,6,9-10,14H2,1H3;/q-1;. The summed E-state index contributed by atoms with van der Waals surface area (Å²) in [5, 5.41) is 0. The molecule has 0 aromatic heterocycles. The number of aryl methyl sites for hydroxylation is 1. The molecule has 1 N–H and O–H groups in total. The first kappa shape index (κ1) is 19.4. The predicted octanol–water partition coefficient (Wildman–Crippen LogP) is 3.61. The maximum atomic E-state index is 11.4. The Labute approximate surface area is 145 Å². The number of hydrogen-bond acceptors (Lipinski definition) is 1. The zero-order valence-corrected chi connectivity index (χ0v) is 15.5. The van der Waals surface area contributed by atoms with Gasteiger partial charge in [0.1, 0.15) is 0 Å². The molecule has 0 aliphatic carbocycles. The smallest absolute Gasteiger partial charge is 0.0620 e. The fourth-order valence-corrected chi connectivity index (χ4v) is 2.73. The zero-order valence-electron chi connectivity index (χ0n) is 11.8. The maximum Gasteiger partial charge on any atom is 0.0620 e. The Hall–Kier alpha value is 0.434. The first-order valence-corrected chi connectivity index (χ1v) is 8.15. The molecule has 0 saturated heterocycles. The molecular weight excluding hydrogens is 331 g/mol. The van der Waals surface area contributed by atoms with Crippen molar-refractivity contribution in [1.82, 2.24) is 4.72 Å². The van der Waals surface area contributed by atoms with Crippen LogP contribution < -0.4 is 4.72 Å². The summed E-state index contributed by atoms with van der Waals surface area (Å²) in [5.41, 5.74) is 1.42. The molecule has 0 heterocycles. The van der Waals surface area contributed by atoms with Crippen molar-refractivity contribution in [2.75, 3.05) is 5.75 Å². The largest absolute Gasteiger partial charge is 0.389 e. The van der Waals surface area contributed by atoms with E-state index in [2.05, 4.69) is 35.1 Å². The summed E-state index contributed by atoms with van der Waals surface area (Å²) in [6.07, 6.45) is 6.75. The normalized spacial score (nSPS) is 11.8. The minimum atomic E-state index is -0.867. The van der Waals surface area contributed by atoms with Gasteiger partial charge in [0.15, 0.2) is 0 Å². The summed E-state index contributed by atoms with van der Waals surface area (Å²) < 4.78 is 14.3. The SMILES string of the molecule is CC[CH-]NS(=O)CCCCCCc1ccccc1.[Y]. The van der Waals surface area contributed by atoms with Crippen LogP contribution in [0.5, 0.6) is 0 Å². The fraction of sp³-hybridized carbons (Fsp3) is 0.533. The molecule has 0 spiro atoms. The van der Waals surface area contributed by atoms with E-state index in [1.165, 1.54) is 24.8 Å². The molecular formula is C15H24NOSY-. The third-order valence-corrected chi connectivity index (χ3v) is 3.90. The van der Waals surface area contributed by atoms with Crippen LogP contribution in [0.2, 0.25) is 0 Å². The Bertz CT molecular complexity index is 332. The fourth-order valence-electron chi connectivity index (χ4n) is 1.80. The molecule has 1 aromatic carbocycles. The van der Waals surface area contributed by atoms with Crippen LogP contribution in [0.4, 0.5) is 0 Å². The van der Waals surface area contributed by atoms with E-state index in [9.17, 15) is 4.21 Å². The van der Waals surface area contributed by atoms with Crippen LogP contribution >= 0.6 is 0 Å². The molecule has 1 atom stereocenters. The van der Waals surface area contributed by atoms with Crippen molar-refractivity contribution in [3.8, 4) is 0 Å². The van der Waals surface area contributed by atoms with Gasteiger partial charge in [0, 0.05) is 38.5 Å². The Morgan fingerprint density at radius 3 is 2.47 bits per heavy atom. The van der Waals surface area contributed by atoms with Gasteiger partial charge in [-0.15, -0.1) is 0 Å². The summed E-state index contributed by atoms with van der Waals surface area (Å²) in [7, 11) is -0.867. The molecule has 0 bridgehead atoms. The third kappa shape index (κ3) is 10.8. The van der Waals surface area contributed by atoms with Gasteiger partial charge in [0.05, 0.1) is 11.0 Å². The van der Waals surface area contributed by atoms with Crippen molar-refractivity contribution in [2.45, 2.75) is 45.4 Å². The van der Waals surface area contributed by atoms with Crippen molar-refractivity contribution in [2.24, 2.45) is 0 Å². The van der Waals surface area contributed by atoms with E-state index in [1.807, 2.05) is 13.5 Å². The average Bonchev–Trinajstić information content (AvgIpc) is 2.41. The predicted molar refractivity (Wildman–Crippen MR) is 79.4 cm³/mol. The van der Waals surface area contributed by atoms with Crippen molar-refractivity contribution < 1.29 is 36.9 Å². The molecule has 0 saturated carbocycles. The van der Waals surface area contributed by atoms with Crippen LogP contribution in [0, 0.1) is 6.54 Å². The molecule has 105 valence electrons. The van der Waals surface area contributed by atoms with E-state index in [-0.39, 0.29) is 32.7 Å². The second-order valence-electron chi connectivity index (χ2n) is 4.43. The third-order valence-electron chi connectivity index (χ3n) is 2.81. The van der Waals surface area contributed by atoms with Gasteiger partial charge in [0.2, 0.25) is 0 Å². The maximum absolute atomic E-state index is 11.4. The Morgan fingerprint density at radius 1 is 1.11 bits per heavy atom. The first-order valence-electron chi connectivity index (χ1n) is 6.83. The molecule has 1 rings (SSSR count). The van der Waals surface area contributed by atoms with Crippen LogP contribution in [-0.2, 0) is 50.1 Å². The van der Waals surface area contributed by atoms with Gasteiger partial charge in [-0.3, -0.25) is 6.54 Å². The molecule has 19 heavy (non-hydrogen) atoms. The summed E-state index contributed by atoms with van der Waals surface area (Å²) >= 11 is 0. The first-order chi connectivity index (χ1) is 8.83. The number of benzene rings is 1. The van der Waals surface area contributed by atoms with Crippen LogP contribution in [0.15, 0.2) is 30.3 Å². The molecule has 2 nitrogen and oxygen atoms in total. The number of nitrogens with one attached hydrogen (secondary N) is 1. The van der Waals surface area contributed by atoms with Crippen LogP contribution in [0.3, 0.4) is 0 Å². The second kappa shape index (κ2) is 13.4. The van der Waals surface area contributed by atoms with E-state index in [4.69, 9.17) is 0 Å². The van der Waals surface area contributed by atoms with E-state index >= 15 is 0 Å². The molecule has 1 radical (unpaired) electrons. The molecule has 0 aliphatic heterocycles. The van der Waals surface area contributed by atoms with Gasteiger partial charge < -0.3 is 4.72 Å². The number of unbranched alkanes of at least 4 members (excludes halogenated alkanes) is 3. The summed E-state index contributed by atoms with van der Waals surface area (Å²) in [4.78, 5) is 0. The molecule has 4 heteroatoms. The Kier molecular flexibility index (Phi) is 13.7. The monoisotopic (exact) mass is 355 g/mol. The zero-order chi connectivity index (χ0) is 13.1. The second-order valence-corrected chi connectivity index (χ2v) is 5.76. The molecule has 0 fully saturated rings. The molecule has 0 amide bonds. The van der Waals surface area contributed by atoms with Crippen molar-refractivity contribution >= 4 is 11.0 Å². The van der Waals surface area contributed by atoms with Crippen LogP contribution in [0.1, 0.15) is 44.6 Å². The van der Waals surface area contributed by atoms with Gasteiger partial charge in [-0.1, -0.05) is 50.1 Å². The molecule has 0 aliphatic rings. The van der Waals surface area contributed by atoms with E-state index in [1.54, 1.807) is 0 Å². The van der Waals surface area contributed by atoms with Gasteiger partial charge in [-0.25, -0.2) is 4.21 Å². The summed E-state index contributed by atoms with van der Waals surface area (Å²) in [6.45, 7) is 3.90. The topological polar surface area (TPSA) is 29.1 Å². The minimum Gasteiger partial charge on any atom is -0.389 e. The molecule has 1 aromatic rings. The quantitative estimate of drug-likeness (QED) is 0.504. The van der Waals surface area contributed by atoms with Crippen LogP contribution in [-0.4, -0.2) is 9.96 Å². The van der Waals surface area contributed by atoms with Crippen molar-refractivity contribution in [3.63, 3.8) is 0 Å². The Balaban J connectivity index is 0.00000324. The van der Waals surface area contributed by atoms with E-state index < -0.39 is 11.0 Å². The van der Waals surface area contributed by atoms with E-state index in [0.29, 0.717) is 0 Å². The van der Waals surface area contributed by atoms with Gasteiger partial charge in [0.25, 0.3) is 0 Å². The number of rotatable bonds is 10. The van der Waals surface area contributed by atoms with E-state index in [0.717, 1.165) is 25.0 Å². The molecule has 1 unspecified atom stereocenters. The van der Waals surface area contributed by atoms with Gasteiger partial charge in [-0.2, -0.15) is 6.42 Å². The minimum absolute atomic E-state index is 0. The summed E-state index contributed by atoms with van der Waals surface area (Å²) in [5.74, 6) is 0.766. The van der Waals surface area contributed by atoms with Gasteiger partial charge in [-0.05, 0) is 24.8 Å². The Morgan fingerprint density at radius 2 is 1.79 bits per heavy atom. The number of hydrogen-bond donors (Lipinski definition) is 1. The van der Waals surface area contributed by atoms with Crippen molar-refractivity contribution in [1.29, 1.82) is 0 Å². The van der Waals surface area contributed by atoms with Crippen molar-refractivity contribution in [3.05, 3.63) is 42.4 Å². The summed E-state index contributed by atoms with van der Waals surface area (Å²) in [6, 6.07) is 10.6.